The molecule has 0 fully saturated rings. The number of nitrogens with zero attached hydrogens (tertiary/aromatic N) is 2. The lowest BCUT2D eigenvalue weighted by Crippen LogP contribution is -2.02. The van der Waals surface area contributed by atoms with E-state index in [-0.39, 0.29) is 0 Å². The van der Waals surface area contributed by atoms with Gasteiger partial charge in [-0.1, -0.05) is 12.1 Å². The van der Waals surface area contributed by atoms with Crippen molar-refractivity contribution in [3.8, 4) is 5.75 Å². The predicted octanol–water partition coefficient (Wildman–Crippen LogP) is 2.41. The zero-order valence-electron chi connectivity index (χ0n) is 9.90. The van der Waals surface area contributed by atoms with E-state index in [1.807, 2.05) is 10.9 Å². The standard InChI is InChI=1S/C13H14BrN3O/c14-11-8-17(16-13(11)15)5-3-9-1-2-12-10(7-9)4-6-18-12/h1-2,7-8H,3-6H2,(H2,15,16). The average Bonchev–Trinajstić information content (AvgIpc) is 2.94. The molecule has 0 saturated carbocycles. The van der Waals surface area contributed by atoms with Crippen LogP contribution in [0, 0.1) is 0 Å². The molecular formula is C13H14BrN3O. The number of benzene rings is 1. The first-order chi connectivity index (χ1) is 8.72. The molecule has 2 heterocycles. The number of aromatic nitrogens is 2. The molecule has 18 heavy (non-hydrogen) atoms. The number of nitrogens with two attached hydrogens (primary N) is 1. The summed E-state index contributed by atoms with van der Waals surface area (Å²) >= 11 is 3.36. The van der Waals surface area contributed by atoms with Crippen LogP contribution >= 0.6 is 15.9 Å². The number of anilines is 1. The molecule has 1 aromatic carbocycles. The van der Waals surface area contributed by atoms with Crippen LogP contribution in [0.1, 0.15) is 11.1 Å². The summed E-state index contributed by atoms with van der Waals surface area (Å²) in [6.07, 6.45) is 3.87. The van der Waals surface area contributed by atoms with Crippen molar-refractivity contribution in [2.45, 2.75) is 19.4 Å². The number of nitrogen functional groups attached to an aromatic ring is 1. The Hall–Kier alpha value is -1.49. The van der Waals surface area contributed by atoms with Crippen LogP contribution < -0.4 is 10.5 Å². The van der Waals surface area contributed by atoms with E-state index in [2.05, 4.69) is 39.2 Å². The van der Waals surface area contributed by atoms with Crippen molar-refractivity contribution in [1.29, 1.82) is 0 Å². The molecule has 4 nitrogen and oxygen atoms in total. The topological polar surface area (TPSA) is 53.1 Å². The number of fused-ring (bicyclic) bond motifs is 1. The van der Waals surface area contributed by atoms with E-state index in [9.17, 15) is 0 Å². The van der Waals surface area contributed by atoms with Gasteiger partial charge >= 0.3 is 0 Å². The summed E-state index contributed by atoms with van der Waals surface area (Å²) in [5.74, 6) is 1.57. The Bertz CT molecular complexity index is 560. The van der Waals surface area contributed by atoms with Crippen LogP contribution in [0.5, 0.6) is 5.75 Å². The van der Waals surface area contributed by atoms with Crippen LogP contribution in [0.3, 0.4) is 0 Å². The van der Waals surface area contributed by atoms with Gasteiger partial charge in [-0.05, 0) is 39.5 Å². The molecular weight excluding hydrogens is 294 g/mol. The Morgan fingerprint density at radius 2 is 2.33 bits per heavy atom. The lowest BCUT2D eigenvalue weighted by Gasteiger charge is -2.04. The van der Waals surface area contributed by atoms with Crippen molar-refractivity contribution in [1.82, 2.24) is 9.78 Å². The van der Waals surface area contributed by atoms with E-state index in [0.717, 1.165) is 36.2 Å². The first-order valence-corrected chi connectivity index (χ1v) is 6.75. The Kier molecular flexibility index (Phi) is 2.99. The first kappa shape index (κ1) is 11.6. The van der Waals surface area contributed by atoms with E-state index in [4.69, 9.17) is 10.5 Å². The minimum absolute atomic E-state index is 0.539. The van der Waals surface area contributed by atoms with E-state index in [1.54, 1.807) is 0 Å². The van der Waals surface area contributed by atoms with Gasteiger partial charge in [-0.15, -0.1) is 0 Å². The van der Waals surface area contributed by atoms with Crippen LogP contribution in [-0.4, -0.2) is 16.4 Å². The summed E-state index contributed by atoms with van der Waals surface area (Å²) in [6, 6.07) is 6.40. The second-order valence-corrected chi connectivity index (χ2v) is 5.27. The minimum Gasteiger partial charge on any atom is -0.493 e. The van der Waals surface area contributed by atoms with E-state index < -0.39 is 0 Å². The van der Waals surface area contributed by atoms with Crippen molar-refractivity contribution in [3.05, 3.63) is 40.0 Å². The molecule has 0 saturated heterocycles. The fraction of sp³-hybridized carbons (Fsp3) is 0.308. The summed E-state index contributed by atoms with van der Waals surface area (Å²) in [6.45, 7) is 1.64. The Morgan fingerprint density at radius 1 is 1.44 bits per heavy atom. The van der Waals surface area contributed by atoms with E-state index in [0.29, 0.717) is 5.82 Å². The van der Waals surface area contributed by atoms with Gasteiger partial charge in [-0.25, -0.2) is 0 Å². The highest BCUT2D eigenvalue weighted by atomic mass is 79.9. The van der Waals surface area contributed by atoms with Gasteiger partial charge in [0.2, 0.25) is 0 Å². The molecule has 0 amide bonds. The van der Waals surface area contributed by atoms with E-state index in [1.165, 1.54) is 11.1 Å². The quantitative estimate of drug-likeness (QED) is 0.947. The maximum Gasteiger partial charge on any atom is 0.159 e. The number of halogens is 1. The summed E-state index contributed by atoms with van der Waals surface area (Å²) in [7, 11) is 0. The van der Waals surface area contributed by atoms with Crippen molar-refractivity contribution >= 4 is 21.7 Å². The fourth-order valence-electron chi connectivity index (χ4n) is 2.17. The Balaban J connectivity index is 1.70. The maximum absolute atomic E-state index is 5.69. The van der Waals surface area contributed by atoms with Gasteiger partial charge in [0, 0.05) is 19.2 Å². The van der Waals surface area contributed by atoms with Crippen LogP contribution in [0.15, 0.2) is 28.9 Å². The molecule has 2 N–H and O–H groups in total. The first-order valence-electron chi connectivity index (χ1n) is 5.95. The lowest BCUT2D eigenvalue weighted by atomic mass is 10.1. The third-order valence-electron chi connectivity index (χ3n) is 3.13. The average molecular weight is 308 g/mol. The van der Waals surface area contributed by atoms with Gasteiger partial charge in [0.25, 0.3) is 0 Å². The number of ether oxygens (including phenoxy) is 1. The number of aryl methyl sites for hydroxylation is 2. The van der Waals surface area contributed by atoms with Gasteiger partial charge in [-0.3, -0.25) is 4.68 Å². The monoisotopic (exact) mass is 307 g/mol. The minimum atomic E-state index is 0.539. The maximum atomic E-state index is 5.69. The highest BCUT2D eigenvalue weighted by Gasteiger charge is 2.12. The summed E-state index contributed by atoms with van der Waals surface area (Å²) in [5, 5.41) is 4.22. The van der Waals surface area contributed by atoms with Crippen molar-refractivity contribution in [3.63, 3.8) is 0 Å². The zero-order chi connectivity index (χ0) is 12.5. The van der Waals surface area contributed by atoms with Gasteiger partial charge < -0.3 is 10.5 Å². The molecule has 0 atom stereocenters. The highest BCUT2D eigenvalue weighted by Crippen LogP contribution is 2.26. The summed E-state index contributed by atoms with van der Waals surface area (Å²) in [5.41, 5.74) is 8.31. The van der Waals surface area contributed by atoms with Crippen LogP contribution in [0.2, 0.25) is 0 Å². The van der Waals surface area contributed by atoms with Gasteiger partial charge in [0.15, 0.2) is 5.82 Å². The van der Waals surface area contributed by atoms with Crippen LogP contribution in [0.25, 0.3) is 0 Å². The SMILES string of the molecule is Nc1nn(CCc2ccc3c(c2)CCO3)cc1Br. The second kappa shape index (κ2) is 4.65. The smallest absolute Gasteiger partial charge is 0.159 e. The molecule has 3 rings (SSSR count). The molecule has 1 aromatic heterocycles. The van der Waals surface area contributed by atoms with Crippen molar-refractivity contribution in [2.24, 2.45) is 0 Å². The number of hydrogen-bond acceptors (Lipinski definition) is 3. The Morgan fingerprint density at radius 3 is 3.11 bits per heavy atom. The molecule has 94 valence electrons. The van der Waals surface area contributed by atoms with Crippen molar-refractivity contribution < 1.29 is 4.74 Å². The molecule has 1 aliphatic heterocycles. The number of rotatable bonds is 3. The number of hydrogen-bond donors (Lipinski definition) is 1. The molecule has 2 aromatic rings. The summed E-state index contributed by atoms with van der Waals surface area (Å²) in [4.78, 5) is 0. The molecule has 0 aliphatic carbocycles. The third kappa shape index (κ3) is 2.22. The molecule has 5 heteroatoms. The summed E-state index contributed by atoms with van der Waals surface area (Å²) < 4.78 is 8.21. The van der Waals surface area contributed by atoms with Crippen LogP contribution in [0.4, 0.5) is 5.82 Å². The molecule has 0 spiro atoms. The molecule has 0 bridgehead atoms. The fourth-order valence-corrected chi connectivity index (χ4v) is 2.48. The van der Waals surface area contributed by atoms with Gasteiger partial charge in [0.1, 0.15) is 5.75 Å². The molecule has 0 unspecified atom stereocenters. The third-order valence-corrected chi connectivity index (χ3v) is 3.74. The zero-order valence-corrected chi connectivity index (χ0v) is 11.5. The van der Waals surface area contributed by atoms with Crippen molar-refractivity contribution in [2.75, 3.05) is 12.3 Å². The van der Waals surface area contributed by atoms with Gasteiger partial charge in [0.05, 0.1) is 11.1 Å². The second-order valence-electron chi connectivity index (χ2n) is 4.42. The normalized spacial score (nSPS) is 13.4. The Labute approximate surface area is 114 Å². The van der Waals surface area contributed by atoms with Gasteiger partial charge in [-0.2, -0.15) is 5.10 Å². The predicted molar refractivity (Wildman–Crippen MR) is 73.7 cm³/mol. The van der Waals surface area contributed by atoms with E-state index >= 15 is 0 Å². The molecule has 0 radical (unpaired) electrons. The largest absolute Gasteiger partial charge is 0.493 e. The molecule has 1 aliphatic rings. The highest BCUT2D eigenvalue weighted by molar-refractivity contribution is 9.10. The lowest BCUT2D eigenvalue weighted by molar-refractivity contribution is 0.357. The van der Waals surface area contributed by atoms with Crippen LogP contribution in [-0.2, 0) is 19.4 Å².